The van der Waals surface area contributed by atoms with Gasteiger partial charge in [-0.2, -0.15) is 5.10 Å². The smallest absolute Gasteiger partial charge is 0.0671 e. The summed E-state index contributed by atoms with van der Waals surface area (Å²) in [6.45, 7) is 4.73. The molecule has 0 amide bonds. The summed E-state index contributed by atoms with van der Waals surface area (Å²) in [6.07, 6.45) is 8.60. The van der Waals surface area contributed by atoms with Gasteiger partial charge in [0.25, 0.3) is 0 Å². The zero-order valence-electron chi connectivity index (χ0n) is 12.5. The topological polar surface area (TPSA) is 40.7 Å². The van der Waals surface area contributed by atoms with Crippen molar-refractivity contribution in [1.29, 1.82) is 0 Å². The van der Waals surface area contributed by atoms with Crippen LogP contribution in [0.5, 0.6) is 0 Å². The van der Waals surface area contributed by atoms with Gasteiger partial charge in [-0.05, 0) is 43.2 Å². The SMILES string of the molecule is CC(C)C1CCCC(Nc2cccc3[nH]ncc23)CC1. The van der Waals surface area contributed by atoms with Gasteiger partial charge in [-0.3, -0.25) is 5.10 Å². The zero-order valence-corrected chi connectivity index (χ0v) is 12.5. The van der Waals surface area contributed by atoms with Crippen molar-refractivity contribution in [2.24, 2.45) is 11.8 Å². The molecule has 0 radical (unpaired) electrons. The molecule has 1 aliphatic rings. The molecule has 0 bridgehead atoms. The number of benzene rings is 1. The van der Waals surface area contributed by atoms with E-state index >= 15 is 0 Å². The van der Waals surface area contributed by atoms with Crippen molar-refractivity contribution in [3.8, 4) is 0 Å². The number of rotatable bonds is 3. The first-order valence-corrected chi connectivity index (χ1v) is 7.92. The molecule has 108 valence electrons. The maximum Gasteiger partial charge on any atom is 0.0671 e. The average Bonchev–Trinajstić information content (AvgIpc) is 2.79. The van der Waals surface area contributed by atoms with Gasteiger partial charge in [0.05, 0.1) is 11.7 Å². The van der Waals surface area contributed by atoms with Crippen LogP contribution in [0.2, 0.25) is 0 Å². The van der Waals surface area contributed by atoms with Crippen LogP contribution in [0.1, 0.15) is 46.0 Å². The Bertz CT molecular complexity index is 558. The Labute approximate surface area is 121 Å². The molecule has 2 aromatic rings. The second-order valence-corrected chi connectivity index (χ2v) is 6.49. The highest BCUT2D eigenvalue weighted by molar-refractivity contribution is 5.90. The highest BCUT2D eigenvalue weighted by Gasteiger charge is 2.21. The summed E-state index contributed by atoms with van der Waals surface area (Å²) in [5.74, 6) is 1.73. The van der Waals surface area contributed by atoms with Crippen LogP contribution in [-0.2, 0) is 0 Å². The predicted molar refractivity (Wildman–Crippen MR) is 84.9 cm³/mol. The minimum Gasteiger partial charge on any atom is -0.382 e. The standard InChI is InChI=1S/C17H25N3/c1-12(2)13-5-3-6-14(10-9-13)19-16-7-4-8-17-15(16)11-18-20-17/h4,7-8,11-14,19H,3,5-6,9-10H2,1-2H3,(H,18,20). The van der Waals surface area contributed by atoms with Crippen LogP contribution in [0.15, 0.2) is 24.4 Å². The Hall–Kier alpha value is -1.51. The molecule has 2 unspecified atom stereocenters. The molecule has 1 aromatic carbocycles. The Morgan fingerprint density at radius 2 is 2.10 bits per heavy atom. The molecule has 2 N–H and O–H groups in total. The van der Waals surface area contributed by atoms with E-state index in [9.17, 15) is 0 Å². The van der Waals surface area contributed by atoms with Crippen LogP contribution in [0.3, 0.4) is 0 Å². The van der Waals surface area contributed by atoms with E-state index in [2.05, 4.69) is 47.6 Å². The number of hydrogen-bond acceptors (Lipinski definition) is 2. The molecule has 3 rings (SSSR count). The Morgan fingerprint density at radius 1 is 1.20 bits per heavy atom. The lowest BCUT2D eigenvalue weighted by molar-refractivity contribution is 0.341. The van der Waals surface area contributed by atoms with E-state index in [1.807, 2.05) is 6.20 Å². The summed E-state index contributed by atoms with van der Waals surface area (Å²) in [5.41, 5.74) is 2.34. The average molecular weight is 271 g/mol. The quantitative estimate of drug-likeness (QED) is 0.802. The van der Waals surface area contributed by atoms with Crippen molar-refractivity contribution in [2.75, 3.05) is 5.32 Å². The third-order valence-corrected chi connectivity index (χ3v) is 4.80. The third-order valence-electron chi connectivity index (χ3n) is 4.80. The first-order valence-electron chi connectivity index (χ1n) is 7.92. The fourth-order valence-corrected chi connectivity index (χ4v) is 3.46. The van der Waals surface area contributed by atoms with Crippen molar-refractivity contribution in [2.45, 2.75) is 52.0 Å². The van der Waals surface area contributed by atoms with Gasteiger partial charge in [-0.1, -0.05) is 32.8 Å². The number of nitrogens with zero attached hydrogens (tertiary/aromatic N) is 1. The van der Waals surface area contributed by atoms with E-state index in [-0.39, 0.29) is 0 Å². The zero-order chi connectivity index (χ0) is 13.9. The summed E-state index contributed by atoms with van der Waals surface area (Å²) < 4.78 is 0. The van der Waals surface area contributed by atoms with E-state index in [0.717, 1.165) is 17.4 Å². The molecule has 2 atom stereocenters. The summed E-state index contributed by atoms with van der Waals surface area (Å²) >= 11 is 0. The molecule has 20 heavy (non-hydrogen) atoms. The molecule has 1 aromatic heterocycles. The van der Waals surface area contributed by atoms with Gasteiger partial charge < -0.3 is 5.32 Å². The van der Waals surface area contributed by atoms with E-state index in [0.29, 0.717) is 6.04 Å². The minimum absolute atomic E-state index is 0.610. The number of anilines is 1. The molecule has 1 aliphatic carbocycles. The van der Waals surface area contributed by atoms with Gasteiger partial charge in [0.15, 0.2) is 0 Å². The number of hydrogen-bond donors (Lipinski definition) is 2. The highest BCUT2D eigenvalue weighted by Crippen LogP contribution is 2.31. The maximum absolute atomic E-state index is 4.14. The van der Waals surface area contributed by atoms with Crippen LogP contribution in [0, 0.1) is 11.8 Å². The molecule has 0 aliphatic heterocycles. The van der Waals surface area contributed by atoms with Crippen LogP contribution >= 0.6 is 0 Å². The number of aromatic amines is 1. The molecule has 1 heterocycles. The monoisotopic (exact) mass is 271 g/mol. The summed E-state index contributed by atoms with van der Waals surface area (Å²) in [5, 5.41) is 12.1. The van der Waals surface area contributed by atoms with Crippen molar-refractivity contribution in [3.05, 3.63) is 24.4 Å². The predicted octanol–water partition coefficient (Wildman–Crippen LogP) is 4.58. The van der Waals surface area contributed by atoms with E-state index in [4.69, 9.17) is 0 Å². The van der Waals surface area contributed by atoms with Crippen LogP contribution in [0.4, 0.5) is 5.69 Å². The molecule has 1 fully saturated rings. The first kappa shape index (κ1) is 13.5. The number of fused-ring (bicyclic) bond motifs is 1. The van der Waals surface area contributed by atoms with Crippen LogP contribution < -0.4 is 5.32 Å². The van der Waals surface area contributed by atoms with Crippen molar-refractivity contribution in [3.63, 3.8) is 0 Å². The fourth-order valence-electron chi connectivity index (χ4n) is 3.46. The van der Waals surface area contributed by atoms with Gasteiger partial charge in [-0.25, -0.2) is 0 Å². The molecule has 3 heteroatoms. The fraction of sp³-hybridized carbons (Fsp3) is 0.588. The van der Waals surface area contributed by atoms with Crippen molar-refractivity contribution in [1.82, 2.24) is 10.2 Å². The molecular formula is C17H25N3. The lowest BCUT2D eigenvalue weighted by Crippen LogP contribution is -2.18. The first-order chi connectivity index (χ1) is 9.74. The Kier molecular flexibility index (Phi) is 3.95. The summed E-state index contributed by atoms with van der Waals surface area (Å²) in [7, 11) is 0. The maximum atomic E-state index is 4.14. The second kappa shape index (κ2) is 5.86. The second-order valence-electron chi connectivity index (χ2n) is 6.49. The van der Waals surface area contributed by atoms with Crippen molar-refractivity contribution < 1.29 is 0 Å². The minimum atomic E-state index is 0.610. The number of nitrogens with one attached hydrogen (secondary N) is 2. The van der Waals surface area contributed by atoms with E-state index < -0.39 is 0 Å². The summed E-state index contributed by atoms with van der Waals surface area (Å²) in [6, 6.07) is 6.95. The van der Waals surface area contributed by atoms with Gasteiger partial charge in [0.1, 0.15) is 0 Å². The molecule has 3 nitrogen and oxygen atoms in total. The van der Waals surface area contributed by atoms with Crippen LogP contribution in [0.25, 0.3) is 10.9 Å². The van der Waals surface area contributed by atoms with Gasteiger partial charge in [0, 0.05) is 17.1 Å². The normalized spacial score (nSPS) is 23.9. The molecule has 0 spiro atoms. The van der Waals surface area contributed by atoms with E-state index in [1.165, 1.54) is 43.2 Å². The summed E-state index contributed by atoms with van der Waals surface area (Å²) in [4.78, 5) is 0. The lowest BCUT2D eigenvalue weighted by atomic mass is 9.89. The van der Waals surface area contributed by atoms with Crippen molar-refractivity contribution >= 4 is 16.6 Å². The van der Waals surface area contributed by atoms with E-state index in [1.54, 1.807) is 0 Å². The molecular weight excluding hydrogens is 246 g/mol. The third kappa shape index (κ3) is 2.82. The van der Waals surface area contributed by atoms with Crippen LogP contribution in [-0.4, -0.2) is 16.2 Å². The molecule has 0 saturated heterocycles. The molecule has 1 saturated carbocycles. The van der Waals surface area contributed by atoms with Gasteiger partial charge in [-0.15, -0.1) is 0 Å². The van der Waals surface area contributed by atoms with Gasteiger partial charge >= 0.3 is 0 Å². The Balaban J connectivity index is 1.70. The Morgan fingerprint density at radius 3 is 2.95 bits per heavy atom. The largest absolute Gasteiger partial charge is 0.382 e. The highest BCUT2D eigenvalue weighted by atomic mass is 15.1. The lowest BCUT2D eigenvalue weighted by Gasteiger charge is -2.20. The van der Waals surface area contributed by atoms with Gasteiger partial charge in [0.2, 0.25) is 0 Å². The number of aromatic nitrogens is 2. The number of H-pyrrole nitrogens is 1.